The Labute approximate surface area is 165 Å². The van der Waals surface area contributed by atoms with E-state index < -0.39 is 24.1 Å². The summed E-state index contributed by atoms with van der Waals surface area (Å²) in [6.45, 7) is 3.73. The van der Waals surface area contributed by atoms with Crippen molar-refractivity contribution >= 4 is 16.9 Å². The fraction of sp³-hybridized carbons (Fsp3) is 0.471. The molecule has 11 heteroatoms. The molecule has 0 aliphatic carbocycles. The van der Waals surface area contributed by atoms with Gasteiger partial charge in [0.1, 0.15) is 11.9 Å². The standard InChI is InChI=1S/C17H22ClF3N6O/c18-16(23)27-14(22)3-4-15(25-27)28-13-9-12(17(19,20)21)2-1-11(13)10-26-7-5-24-6-8-26/h1-4,9,14-15,23-25H,5-8,10,22H2. The second kappa shape index (κ2) is 8.66. The molecule has 28 heavy (non-hydrogen) atoms. The van der Waals surface area contributed by atoms with Crippen molar-refractivity contribution in [1.82, 2.24) is 20.7 Å². The molecule has 154 valence electrons. The van der Waals surface area contributed by atoms with Gasteiger partial charge in [-0.3, -0.25) is 15.3 Å². The molecule has 0 amide bonds. The Morgan fingerprint density at radius 3 is 2.64 bits per heavy atom. The van der Waals surface area contributed by atoms with Gasteiger partial charge in [0.05, 0.1) is 5.56 Å². The first-order valence-electron chi connectivity index (χ1n) is 8.77. The predicted molar refractivity (Wildman–Crippen MR) is 99.7 cm³/mol. The third kappa shape index (κ3) is 5.15. The van der Waals surface area contributed by atoms with Crippen LogP contribution in [0, 0.1) is 5.41 Å². The van der Waals surface area contributed by atoms with Gasteiger partial charge in [-0.05, 0) is 35.9 Å². The van der Waals surface area contributed by atoms with E-state index in [0.717, 1.165) is 43.3 Å². The lowest BCUT2D eigenvalue weighted by molar-refractivity contribution is -0.137. The van der Waals surface area contributed by atoms with Crippen molar-refractivity contribution < 1.29 is 17.9 Å². The summed E-state index contributed by atoms with van der Waals surface area (Å²) < 4.78 is 45.3. The Bertz CT molecular complexity index is 738. The van der Waals surface area contributed by atoms with Crippen LogP contribution in [-0.4, -0.2) is 53.8 Å². The summed E-state index contributed by atoms with van der Waals surface area (Å²) in [6.07, 6.45) is -2.83. The SMILES string of the molecule is N=C(Cl)N1NC(Oc2cc(C(F)(F)F)ccc2CN2CCNCC2)C=CC1N. The van der Waals surface area contributed by atoms with Crippen LogP contribution in [0.5, 0.6) is 5.75 Å². The maximum atomic E-state index is 13.2. The van der Waals surface area contributed by atoms with E-state index in [4.69, 9.17) is 27.5 Å². The molecule has 1 aromatic carbocycles. The quantitative estimate of drug-likeness (QED) is 0.257. The third-order valence-electron chi connectivity index (χ3n) is 4.51. The van der Waals surface area contributed by atoms with Crippen LogP contribution >= 0.6 is 11.6 Å². The Hall–Kier alpha value is -1.85. The van der Waals surface area contributed by atoms with Crippen molar-refractivity contribution in [2.75, 3.05) is 26.2 Å². The van der Waals surface area contributed by atoms with Gasteiger partial charge < -0.3 is 15.8 Å². The number of hydrogen-bond donors (Lipinski definition) is 4. The van der Waals surface area contributed by atoms with Crippen molar-refractivity contribution in [3.8, 4) is 5.75 Å². The first-order valence-corrected chi connectivity index (χ1v) is 9.15. The highest BCUT2D eigenvalue weighted by Gasteiger charge is 2.32. The maximum Gasteiger partial charge on any atom is 0.416 e. The summed E-state index contributed by atoms with van der Waals surface area (Å²) in [5.74, 6) is 0.118. The van der Waals surface area contributed by atoms with Crippen LogP contribution in [0.15, 0.2) is 30.4 Å². The van der Waals surface area contributed by atoms with E-state index in [-0.39, 0.29) is 11.0 Å². The molecule has 3 rings (SSSR count). The van der Waals surface area contributed by atoms with Gasteiger partial charge in [0.25, 0.3) is 0 Å². The van der Waals surface area contributed by atoms with E-state index in [1.54, 1.807) is 12.2 Å². The van der Waals surface area contributed by atoms with Gasteiger partial charge in [-0.15, -0.1) is 0 Å². The molecule has 0 radical (unpaired) electrons. The average molecular weight is 419 g/mol. The van der Waals surface area contributed by atoms with Crippen molar-refractivity contribution in [2.45, 2.75) is 25.1 Å². The monoisotopic (exact) mass is 418 g/mol. The number of halogens is 4. The van der Waals surface area contributed by atoms with Gasteiger partial charge in [0, 0.05) is 38.3 Å². The molecule has 2 heterocycles. The summed E-state index contributed by atoms with van der Waals surface area (Å²) in [4.78, 5) is 2.15. The van der Waals surface area contributed by atoms with E-state index in [1.165, 1.54) is 6.07 Å². The summed E-state index contributed by atoms with van der Waals surface area (Å²) in [6, 6.07) is 3.50. The number of hydrogen-bond acceptors (Lipinski definition) is 6. The summed E-state index contributed by atoms with van der Waals surface area (Å²) in [5, 5.41) is 11.6. The number of nitrogens with zero attached hydrogens (tertiary/aromatic N) is 2. The number of nitrogens with one attached hydrogen (secondary N) is 3. The number of rotatable bonds is 4. The highest BCUT2D eigenvalue weighted by atomic mass is 35.5. The molecule has 2 atom stereocenters. The molecule has 1 fully saturated rings. The fourth-order valence-electron chi connectivity index (χ4n) is 3.04. The minimum absolute atomic E-state index is 0.118. The van der Waals surface area contributed by atoms with E-state index in [1.807, 2.05) is 0 Å². The van der Waals surface area contributed by atoms with Gasteiger partial charge in [0.15, 0.2) is 6.23 Å². The number of hydrazine groups is 1. The summed E-state index contributed by atoms with van der Waals surface area (Å²) in [5.41, 5.74) is 8.44. The fourth-order valence-corrected chi connectivity index (χ4v) is 3.20. The largest absolute Gasteiger partial charge is 0.470 e. The zero-order valence-corrected chi connectivity index (χ0v) is 15.7. The third-order valence-corrected chi connectivity index (χ3v) is 4.69. The Morgan fingerprint density at radius 2 is 2.00 bits per heavy atom. The van der Waals surface area contributed by atoms with Gasteiger partial charge in [-0.1, -0.05) is 6.07 Å². The number of piperazine rings is 1. The van der Waals surface area contributed by atoms with E-state index >= 15 is 0 Å². The molecule has 2 aliphatic rings. The second-order valence-electron chi connectivity index (χ2n) is 6.55. The van der Waals surface area contributed by atoms with E-state index in [9.17, 15) is 13.2 Å². The van der Waals surface area contributed by atoms with Crippen LogP contribution in [0.25, 0.3) is 0 Å². The van der Waals surface area contributed by atoms with Gasteiger partial charge in [-0.25, -0.2) is 0 Å². The van der Waals surface area contributed by atoms with Crippen LogP contribution in [0.2, 0.25) is 0 Å². The number of alkyl halides is 3. The number of ether oxygens (including phenoxy) is 1. The molecule has 1 saturated heterocycles. The van der Waals surface area contributed by atoms with Crippen molar-refractivity contribution in [3.05, 3.63) is 41.5 Å². The molecule has 2 unspecified atom stereocenters. The molecular weight excluding hydrogens is 397 g/mol. The highest BCUT2D eigenvalue weighted by Crippen LogP contribution is 2.34. The minimum Gasteiger partial charge on any atom is -0.470 e. The van der Waals surface area contributed by atoms with Gasteiger partial charge in [0.2, 0.25) is 5.29 Å². The Morgan fingerprint density at radius 1 is 1.29 bits per heavy atom. The lowest BCUT2D eigenvalue weighted by Crippen LogP contribution is -2.58. The zero-order valence-electron chi connectivity index (χ0n) is 15.0. The van der Waals surface area contributed by atoms with Gasteiger partial charge >= 0.3 is 6.18 Å². The molecule has 0 aromatic heterocycles. The summed E-state index contributed by atoms with van der Waals surface area (Å²) >= 11 is 5.68. The number of amidine groups is 1. The maximum absolute atomic E-state index is 13.2. The minimum atomic E-state index is -4.48. The molecule has 0 spiro atoms. The normalized spacial score (nSPS) is 23.7. The molecule has 0 bridgehead atoms. The van der Waals surface area contributed by atoms with E-state index in [0.29, 0.717) is 12.1 Å². The molecule has 2 aliphatic heterocycles. The summed E-state index contributed by atoms with van der Waals surface area (Å²) in [7, 11) is 0. The van der Waals surface area contributed by atoms with Crippen molar-refractivity contribution in [1.29, 1.82) is 5.41 Å². The molecule has 5 N–H and O–H groups in total. The highest BCUT2D eigenvalue weighted by molar-refractivity contribution is 6.63. The van der Waals surface area contributed by atoms with E-state index in [2.05, 4.69) is 15.6 Å². The topological polar surface area (TPSA) is 89.6 Å². The first-order chi connectivity index (χ1) is 13.2. The predicted octanol–water partition coefficient (Wildman–Crippen LogP) is 1.65. The van der Waals surface area contributed by atoms with Crippen LogP contribution in [0.3, 0.4) is 0 Å². The van der Waals surface area contributed by atoms with Crippen molar-refractivity contribution in [2.24, 2.45) is 5.73 Å². The van der Waals surface area contributed by atoms with Crippen LogP contribution < -0.4 is 21.2 Å². The van der Waals surface area contributed by atoms with Crippen molar-refractivity contribution in [3.63, 3.8) is 0 Å². The number of benzene rings is 1. The van der Waals surface area contributed by atoms with Crippen LogP contribution in [0.4, 0.5) is 13.2 Å². The average Bonchev–Trinajstić information content (AvgIpc) is 2.64. The Kier molecular flexibility index (Phi) is 6.46. The second-order valence-corrected chi connectivity index (χ2v) is 6.91. The first kappa shape index (κ1) is 20.9. The number of nitrogens with two attached hydrogens (primary N) is 1. The lowest BCUT2D eigenvalue weighted by atomic mass is 10.1. The Balaban J connectivity index is 1.83. The molecule has 0 saturated carbocycles. The van der Waals surface area contributed by atoms with Gasteiger partial charge in [-0.2, -0.15) is 18.6 Å². The van der Waals surface area contributed by atoms with Crippen LogP contribution in [-0.2, 0) is 12.7 Å². The smallest absolute Gasteiger partial charge is 0.416 e. The lowest BCUT2D eigenvalue weighted by Gasteiger charge is -2.35. The molecule has 1 aromatic rings. The molecule has 7 nitrogen and oxygen atoms in total. The molecular formula is C17H22ClF3N6O. The zero-order chi connectivity index (χ0) is 20.3. The van der Waals surface area contributed by atoms with Crippen LogP contribution in [0.1, 0.15) is 11.1 Å².